The maximum Gasteiger partial charge on any atom is 0.218 e. The van der Waals surface area contributed by atoms with Crippen LogP contribution in [0.25, 0.3) is 0 Å². The molecule has 3 nitrogen and oxygen atoms in total. The van der Waals surface area contributed by atoms with Crippen molar-refractivity contribution in [1.29, 1.82) is 0 Å². The van der Waals surface area contributed by atoms with Crippen molar-refractivity contribution in [3.8, 4) is 5.88 Å². The summed E-state index contributed by atoms with van der Waals surface area (Å²) in [6.07, 6.45) is 9.80. The zero-order valence-electron chi connectivity index (χ0n) is 11.3. The van der Waals surface area contributed by atoms with Crippen LogP contribution in [0.1, 0.15) is 57.1 Å². The highest BCUT2D eigenvalue weighted by Gasteiger charge is 2.15. The van der Waals surface area contributed by atoms with E-state index in [0.29, 0.717) is 5.92 Å². The van der Waals surface area contributed by atoms with Gasteiger partial charge in [0.25, 0.3) is 0 Å². The Kier molecular flexibility index (Phi) is 5.00. The van der Waals surface area contributed by atoms with Gasteiger partial charge in [-0.3, -0.25) is 0 Å². The number of nitrogens with two attached hydrogens (primary N) is 1. The maximum absolute atomic E-state index is 5.93. The molecule has 1 fully saturated rings. The van der Waals surface area contributed by atoms with E-state index in [-0.39, 0.29) is 6.04 Å². The molecule has 1 aromatic heterocycles. The minimum atomic E-state index is -0.0252. The average molecular weight is 248 g/mol. The lowest BCUT2D eigenvalue weighted by Crippen LogP contribution is -2.15. The standard InChI is InChI=1S/C15H24N2O/c1-12(16)14-9-6-10-17-15(14)18-11-13-7-4-2-3-5-8-13/h6,9-10,12-13H,2-5,7-8,11,16H2,1H3/t12-/m1/s1. The fraction of sp³-hybridized carbons (Fsp3) is 0.667. The summed E-state index contributed by atoms with van der Waals surface area (Å²) in [5, 5.41) is 0. The number of rotatable bonds is 4. The van der Waals surface area contributed by atoms with E-state index in [1.54, 1.807) is 6.20 Å². The summed E-state index contributed by atoms with van der Waals surface area (Å²) in [5.74, 6) is 1.41. The second-order valence-corrected chi connectivity index (χ2v) is 5.36. The molecule has 1 saturated carbocycles. The molecule has 100 valence electrons. The molecular weight excluding hydrogens is 224 g/mol. The zero-order valence-corrected chi connectivity index (χ0v) is 11.3. The Labute approximate surface area is 110 Å². The first-order valence-electron chi connectivity index (χ1n) is 7.10. The van der Waals surface area contributed by atoms with Gasteiger partial charge in [0.1, 0.15) is 0 Å². The van der Waals surface area contributed by atoms with Crippen molar-refractivity contribution in [2.24, 2.45) is 11.7 Å². The van der Waals surface area contributed by atoms with Gasteiger partial charge in [0.05, 0.1) is 6.61 Å². The van der Waals surface area contributed by atoms with Crippen LogP contribution in [0, 0.1) is 5.92 Å². The van der Waals surface area contributed by atoms with E-state index in [4.69, 9.17) is 10.5 Å². The van der Waals surface area contributed by atoms with Crippen LogP contribution in [0.2, 0.25) is 0 Å². The lowest BCUT2D eigenvalue weighted by molar-refractivity contribution is 0.223. The highest BCUT2D eigenvalue weighted by molar-refractivity contribution is 5.28. The van der Waals surface area contributed by atoms with Gasteiger partial charge in [-0.25, -0.2) is 4.98 Å². The van der Waals surface area contributed by atoms with Crippen LogP contribution in [0.15, 0.2) is 18.3 Å². The first kappa shape index (κ1) is 13.3. The van der Waals surface area contributed by atoms with Crippen molar-refractivity contribution in [3.05, 3.63) is 23.9 Å². The number of ether oxygens (including phenoxy) is 1. The van der Waals surface area contributed by atoms with Gasteiger partial charge in [0, 0.05) is 17.8 Å². The van der Waals surface area contributed by atoms with E-state index in [9.17, 15) is 0 Å². The molecule has 0 radical (unpaired) electrons. The monoisotopic (exact) mass is 248 g/mol. The van der Waals surface area contributed by atoms with Gasteiger partial charge in [0.15, 0.2) is 0 Å². The van der Waals surface area contributed by atoms with Crippen LogP contribution in [0.4, 0.5) is 0 Å². The molecule has 1 aliphatic carbocycles. The van der Waals surface area contributed by atoms with Gasteiger partial charge >= 0.3 is 0 Å². The highest BCUT2D eigenvalue weighted by atomic mass is 16.5. The molecule has 1 atom stereocenters. The van der Waals surface area contributed by atoms with E-state index in [2.05, 4.69) is 4.98 Å². The van der Waals surface area contributed by atoms with Crippen LogP contribution in [0.3, 0.4) is 0 Å². The van der Waals surface area contributed by atoms with Gasteiger partial charge in [0.2, 0.25) is 5.88 Å². The first-order chi connectivity index (χ1) is 8.77. The Morgan fingerprint density at radius 2 is 2.06 bits per heavy atom. The smallest absolute Gasteiger partial charge is 0.218 e. The van der Waals surface area contributed by atoms with Crippen LogP contribution in [-0.4, -0.2) is 11.6 Å². The van der Waals surface area contributed by atoms with E-state index in [0.717, 1.165) is 18.1 Å². The molecule has 0 saturated heterocycles. The van der Waals surface area contributed by atoms with Gasteiger partial charge in [-0.1, -0.05) is 31.7 Å². The maximum atomic E-state index is 5.93. The van der Waals surface area contributed by atoms with E-state index in [1.807, 2.05) is 19.1 Å². The van der Waals surface area contributed by atoms with E-state index in [1.165, 1.54) is 38.5 Å². The summed E-state index contributed by atoms with van der Waals surface area (Å²) in [4.78, 5) is 4.31. The summed E-state index contributed by atoms with van der Waals surface area (Å²) >= 11 is 0. The third-order valence-electron chi connectivity index (χ3n) is 3.72. The Morgan fingerprint density at radius 3 is 2.72 bits per heavy atom. The molecule has 18 heavy (non-hydrogen) atoms. The fourth-order valence-corrected chi connectivity index (χ4v) is 2.60. The van der Waals surface area contributed by atoms with Gasteiger partial charge < -0.3 is 10.5 Å². The van der Waals surface area contributed by atoms with Crippen molar-refractivity contribution in [2.75, 3.05) is 6.61 Å². The number of hydrogen-bond acceptors (Lipinski definition) is 3. The minimum absolute atomic E-state index is 0.0252. The number of aromatic nitrogens is 1. The second-order valence-electron chi connectivity index (χ2n) is 5.36. The Balaban J connectivity index is 1.92. The third-order valence-corrected chi connectivity index (χ3v) is 3.72. The largest absolute Gasteiger partial charge is 0.477 e. The molecule has 2 N–H and O–H groups in total. The minimum Gasteiger partial charge on any atom is -0.477 e. The van der Waals surface area contributed by atoms with E-state index >= 15 is 0 Å². The molecule has 1 aromatic rings. The highest BCUT2D eigenvalue weighted by Crippen LogP contribution is 2.25. The molecule has 0 amide bonds. The summed E-state index contributed by atoms with van der Waals surface area (Å²) in [5.41, 5.74) is 6.93. The molecular formula is C15H24N2O. The summed E-state index contributed by atoms with van der Waals surface area (Å²) in [6.45, 7) is 2.76. The topological polar surface area (TPSA) is 48.1 Å². The van der Waals surface area contributed by atoms with Crippen LogP contribution >= 0.6 is 0 Å². The molecule has 0 aromatic carbocycles. The molecule has 3 heteroatoms. The molecule has 0 bridgehead atoms. The zero-order chi connectivity index (χ0) is 12.8. The Hall–Kier alpha value is -1.09. The van der Waals surface area contributed by atoms with Crippen LogP contribution in [-0.2, 0) is 0 Å². The van der Waals surface area contributed by atoms with Crippen LogP contribution < -0.4 is 10.5 Å². The molecule has 0 aliphatic heterocycles. The average Bonchev–Trinajstić information content (AvgIpc) is 2.65. The van der Waals surface area contributed by atoms with Crippen LogP contribution in [0.5, 0.6) is 5.88 Å². The Morgan fingerprint density at radius 1 is 1.33 bits per heavy atom. The number of pyridine rings is 1. The van der Waals surface area contributed by atoms with Gasteiger partial charge in [-0.2, -0.15) is 0 Å². The van der Waals surface area contributed by atoms with Crippen molar-refractivity contribution in [1.82, 2.24) is 4.98 Å². The quantitative estimate of drug-likeness (QED) is 0.830. The third kappa shape index (κ3) is 3.70. The van der Waals surface area contributed by atoms with Crippen molar-refractivity contribution in [2.45, 2.75) is 51.5 Å². The second kappa shape index (κ2) is 6.74. The first-order valence-corrected chi connectivity index (χ1v) is 7.10. The molecule has 1 heterocycles. The van der Waals surface area contributed by atoms with Crippen molar-refractivity contribution >= 4 is 0 Å². The van der Waals surface area contributed by atoms with Gasteiger partial charge in [-0.05, 0) is 31.7 Å². The molecule has 0 spiro atoms. The predicted molar refractivity (Wildman–Crippen MR) is 73.5 cm³/mol. The lowest BCUT2D eigenvalue weighted by Gasteiger charge is -2.17. The summed E-state index contributed by atoms with van der Waals surface area (Å²) in [7, 11) is 0. The molecule has 2 rings (SSSR count). The predicted octanol–water partition coefficient (Wildman–Crippen LogP) is 3.45. The van der Waals surface area contributed by atoms with Gasteiger partial charge in [-0.15, -0.1) is 0 Å². The number of nitrogens with zero attached hydrogens (tertiary/aromatic N) is 1. The molecule has 0 unspecified atom stereocenters. The van der Waals surface area contributed by atoms with Crippen molar-refractivity contribution in [3.63, 3.8) is 0 Å². The van der Waals surface area contributed by atoms with Crippen molar-refractivity contribution < 1.29 is 4.74 Å². The Bertz CT molecular complexity index is 357. The summed E-state index contributed by atoms with van der Waals surface area (Å²) < 4.78 is 5.90. The lowest BCUT2D eigenvalue weighted by atomic mass is 10.0. The summed E-state index contributed by atoms with van der Waals surface area (Å²) in [6, 6.07) is 3.89. The fourth-order valence-electron chi connectivity index (χ4n) is 2.60. The normalized spacial score (nSPS) is 19.2. The number of hydrogen-bond donors (Lipinski definition) is 1. The molecule has 1 aliphatic rings. The van der Waals surface area contributed by atoms with E-state index < -0.39 is 0 Å². The SMILES string of the molecule is C[C@@H](N)c1cccnc1OCC1CCCCCC1.